The van der Waals surface area contributed by atoms with Crippen LogP contribution >= 0.6 is 0 Å². The summed E-state index contributed by atoms with van der Waals surface area (Å²) in [6.45, 7) is 9.49. The molecule has 0 spiro atoms. The molecule has 0 aliphatic carbocycles. The van der Waals surface area contributed by atoms with Gasteiger partial charge in [-0.2, -0.15) is 0 Å². The highest BCUT2D eigenvalue weighted by Gasteiger charge is 2.44. The SMILES string of the molecule is CCN1CCCC(N2CCC(CC)(C(=O)O)C2)CC1. The van der Waals surface area contributed by atoms with E-state index in [0.717, 1.165) is 32.5 Å². The van der Waals surface area contributed by atoms with Gasteiger partial charge in [0.25, 0.3) is 0 Å². The predicted molar refractivity (Wildman–Crippen MR) is 76.3 cm³/mol. The molecule has 4 nitrogen and oxygen atoms in total. The second-order valence-corrected chi connectivity index (χ2v) is 6.18. The Hall–Kier alpha value is -0.610. The van der Waals surface area contributed by atoms with E-state index in [1.807, 2.05) is 6.92 Å². The van der Waals surface area contributed by atoms with Crippen molar-refractivity contribution in [3.05, 3.63) is 0 Å². The van der Waals surface area contributed by atoms with Gasteiger partial charge in [-0.3, -0.25) is 9.69 Å². The molecule has 2 atom stereocenters. The van der Waals surface area contributed by atoms with Crippen LogP contribution in [-0.4, -0.2) is 59.6 Å². The maximum Gasteiger partial charge on any atom is 0.310 e. The summed E-state index contributed by atoms with van der Waals surface area (Å²) in [7, 11) is 0. The number of rotatable bonds is 4. The summed E-state index contributed by atoms with van der Waals surface area (Å²) in [5.74, 6) is -0.596. The van der Waals surface area contributed by atoms with Crippen LogP contribution in [0.4, 0.5) is 0 Å². The van der Waals surface area contributed by atoms with Gasteiger partial charge in [0.15, 0.2) is 0 Å². The highest BCUT2D eigenvalue weighted by molar-refractivity contribution is 5.75. The molecule has 2 unspecified atom stereocenters. The molecule has 0 aromatic carbocycles. The number of hydrogen-bond acceptors (Lipinski definition) is 3. The molecular weight excluding hydrogens is 240 g/mol. The molecule has 4 heteroatoms. The van der Waals surface area contributed by atoms with E-state index in [0.29, 0.717) is 6.04 Å². The summed E-state index contributed by atoms with van der Waals surface area (Å²) in [5.41, 5.74) is -0.475. The van der Waals surface area contributed by atoms with Gasteiger partial charge in [-0.05, 0) is 58.3 Å². The number of aliphatic carboxylic acids is 1. The maximum absolute atomic E-state index is 11.5. The summed E-state index contributed by atoms with van der Waals surface area (Å²) < 4.78 is 0. The molecule has 0 aromatic heterocycles. The Morgan fingerprint density at radius 1 is 1.26 bits per heavy atom. The van der Waals surface area contributed by atoms with E-state index in [-0.39, 0.29) is 0 Å². The van der Waals surface area contributed by atoms with Gasteiger partial charge in [-0.15, -0.1) is 0 Å². The van der Waals surface area contributed by atoms with Crippen LogP contribution in [0.1, 0.15) is 46.0 Å². The molecule has 1 N–H and O–H groups in total. The predicted octanol–water partition coefficient (Wildman–Crippen LogP) is 2.05. The number of likely N-dealkylation sites (tertiary alicyclic amines) is 2. The molecule has 2 saturated heterocycles. The quantitative estimate of drug-likeness (QED) is 0.847. The number of carbonyl (C=O) groups is 1. The Morgan fingerprint density at radius 2 is 2.05 bits per heavy atom. The summed E-state index contributed by atoms with van der Waals surface area (Å²) in [4.78, 5) is 16.5. The molecule has 0 saturated carbocycles. The van der Waals surface area contributed by atoms with Gasteiger partial charge in [0.05, 0.1) is 5.41 Å². The van der Waals surface area contributed by atoms with Crippen LogP contribution in [0.2, 0.25) is 0 Å². The number of hydrogen-bond donors (Lipinski definition) is 1. The second-order valence-electron chi connectivity index (χ2n) is 6.18. The zero-order valence-electron chi connectivity index (χ0n) is 12.4. The lowest BCUT2D eigenvalue weighted by Gasteiger charge is -2.29. The third-order valence-corrected chi connectivity index (χ3v) is 5.27. The van der Waals surface area contributed by atoms with Crippen molar-refractivity contribution in [1.82, 2.24) is 9.80 Å². The number of nitrogens with zero attached hydrogens (tertiary/aromatic N) is 2. The molecule has 0 bridgehead atoms. The van der Waals surface area contributed by atoms with Crippen LogP contribution in [0.5, 0.6) is 0 Å². The summed E-state index contributed by atoms with van der Waals surface area (Å²) in [6, 6.07) is 0.601. The van der Waals surface area contributed by atoms with Crippen LogP contribution in [0.25, 0.3) is 0 Å². The molecule has 0 amide bonds. The highest BCUT2D eigenvalue weighted by Crippen LogP contribution is 2.36. The van der Waals surface area contributed by atoms with Crippen LogP contribution < -0.4 is 0 Å². The van der Waals surface area contributed by atoms with Gasteiger partial charge in [0.2, 0.25) is 0 Å². The average molecular weight is 268 g/mol. The number of carboxylic acids is 1. The largest absolute Gasteiger partial charge is 0.481 e. The first-order chi connectivity index (χ1) is 9.11. The topological polar surface area (TPSA) is 43.8 Å². The minimum atomic E-state index is -0.596. The van der Waals surface area contributed by atoms with Crippen molar-refractivity contribution in [3.63, 3.8) is 0 Å². The summed E-state index contributed by atoms with van der Waals surface area (Å²) >= 11 is 0. The zero-order chi connectivity index (χ0) is 13.9. The van der Waals surface area contributed by atoms with Gasteiger partial charge in [0, 0.05) is 12.6 Å². The van der Waals surface area contributed by atoms with Crippen molar-refractivity contribution < 1.29 is 9.90 Å². The first-order valence-corrected chi connectivity index (χ1v) is 7.81. The van der Waals surface area contributed by atoms with Crippen molar-refractivity contribution in [2.45, 2.75) is 52.0 Å². The Labute approximate surface area is 116 Å². The van der Waals surface area contributed by atoms with E-state index in [2.05, 4.69) is 16.7 Å². The average Bonchev–Trinajstić information content (AvgIpc) is 2.72. The Morgan fingerprint density at radius 3 is 2.63 bits per heavy atom. The second kappa shape index (κ2) is 6.23. The fourth-order valence-corrected chi connectivity index (χ4v) is 3.65. The lowest BCUT2D eigenvalue weighted by molar-refractivity contribution is -0.148. The summed E-state index contributed by atoms with van der Waals surface area (Å²) in [6.07, 6.45) is 5.27. The van der Waals surface area contributed by atoms with Gasteiger partial charge in [-0.25, -0.2) is 0 Å². The van der Waals surface area contributed by atoms with Crippen molar-refractivity contribution in [3.8, 4) is 0 Å². The lowest BCUT2D eigenvalue weighted by atomic mass is 9.84. The van der Waals surface area contributed by atoms with Gasteiger partial charge < -0.3 is 10.0 Å². The monoisotopic (exact) mass is 268 g/mol. The fourth-order valence-electron chi connectivity index (χ4n) is 3.65. The molecule has 2 fully saturated rings. The summed E-state index contributed by atoms with van der Waals surface area (Å²) in [5, 5.41) is 9.48. The molecule has 2 aliphatic rings. The molecular formula is C15H28N2O2. The standard InChI is InChI=1S/C15H28N2O2/c1-3-15(14(18)19)8-11-17(12-15)13-6-5-9-16(4-2)10-7-13/h13H,3-12H2,1-2H3,(H,18,19). The Kier molecular flexibility index (Phi) is 4.85. The molecule has 19 heavy (non-hydrogen) atoms. The van der Waals surface area contributed by atoms with Crippen LogP contribution in [0.3, 0.4) is 0 Å². The first-order valence-electron chi connectivity index (χ1n) is 7.81. The van der Waals surface area contributed by atoms with E-state index in [9.17, 15) is 9.90 Å². The maximum atomic E-state index is 11.5. The van der Waals surface area contributed by atoms with Crippen LogP contribution in [0.15, 0.2) is 0 Å². The molecule has 0 radical (unpaired) electrons. The Bertz CT molecular complexity index is 321. The molecule has 2 aliphatic heterocycles. The minimum Gasteiger partial charge on any atom is -0.481 e. The third-order valence-electron chi connectivity index (χ3n) is 5.27. The van der Waals surface area contributed by atoms with Crippen molar-refractivity contribution >= 4 is 5.97 Å². The molecule has 2 rings (SSSR count). The van der Waals surface area contributed by atoms with Crippen LogP contribution in [-0.2, 0) is 4.79 Å². The first kappa shape index (κ1) is 14.8. The van der Waals surface area contributed by atoms with E-state index in [4.69, 9.17) is 0 Å². The highest BCUT2D eigenvalue weighted by atomic mass is 16.4. The fraction of sp³-hybridized carbons (Fsp3) is 0.933. The van der Waals surface area contributed by atoms with Gasteiger partial charge in [-0.1, -0.05) is 13.8 Å². The van der Waals surface area contributed by atoms with E-state index < -0.39 is 11.4 Å². The molecule has 2 heterocycles. The Balaban J connectivity index is 1.95. The van der Waals surface area contributed by atoms with Crippen LogP contribution in [0, 0.1) is 5.41 Å². The van der Waals surface area contributed by atoms with Crippen molar-refractivity contribution in [2.24, 2.45) is 5.41 Å². The minimum absolute atomic E-state index is 0.475. The molecule has 0 aromatic rings. The number of carboxylic acid groups (broad SMARTS) is 1. The van der Waals surface area contributed by atoms with Crippen molar-refractivity contribution in [2.75, 3.05) is 32.7 Å². The van der Waals surface area contributed by atoms with E-state index in [1.54, 1.807) is 0 Å². The van der Waals surface area contributed by atoms with Crippen molar-refractivity contribution in [1.29, 1.82) is 0 Å². The van der Waals surface area contributed by atoms with Gasteiger partial charge in [0.1, 0.15) is 0 Å². The van der Waals surface area contributed by atoms with Gasteiger partial charge >= 0.3 is 5.97 Å². The van der Waals surface area contributed by atoms with E-state index in [1.165, 1.54) is 32.4 Å². The normalized spacial score (nSPS) is 34.3. The zero-order valence-corrected chi connectivity index (χ0v) is 12.4. The smallest absolute Gasteiger partial charge is 0.310 e. The third kappa shape index (κ3) is 3.11. The molecule has 110 valence electrons. The van der Waals surface area contributed by atoms with E-state index >= 15 is 0 Å². The lowest BCUT2D eigenvalue weighted by Crippen LogP contribution is -2.39.